The Balaban J connectivity index is 1.40. The van der Waals surface area contributed by atoms with Crippen LogP contribution in [-0.4, -0.2) is 53.0 Å². The van der Waals surface area contributed by atoms with Crippen molar-refractivity contribution >= 4 is 17.8 Å². The summed E-state index contributed by atoms with van der Waals surface area (Å²) in [6.45, 7) is 6.92. The second-order valence-electron chi connectivity index (χ2n) is 9.10. The highest BCUT2D eigenvalue weighted by atomic mass is 16.5. The first-order chi connectivity index (χ1) is 14.8. The van der Waals surface area contributed by atoms with Crippen LogP contribution in [0.3, 0.4) is 0 Å². The molecule has 2 aliphatic heterocycles. The zero-order valence-electron chi connectivity index (χ0n) is 18.1. The first-order valence-corrected chi connectivity index (χ1v) is 10.7. The number of urea groups is 1. The number of carbonyl (C=O) groups is 2. The van der Waals surface area contributed by atoms with Gasteiger partial charge in [0, 0.05) is 49.4 Å². The SMILES string of the molecule is CC1(C)CCN(C(=O)COCc2cncc(-c3cnc4c(c3)CCCN4C(N)=O)c2)C1. The van der Waals surface area contributed by atoms with Gasteiger partial charge in [0.2, 0.25) is 5.91 Å². The van der Waals surface area contributed by atoms with E-state index in [0.717, 1.165) is 54.6 Å². The number of nitrogens with zero attached hydrogens (tertiary/aromatic N) is 4. The lowest BCUT2D eigenvalue weighted by atomic mass is 9.93. The van der Waals surface area contributed by atoms with Crippen molar-refractivity contribution in [3.63, 3.8) is 0 Å². The number of ether oxygens (including phenoxy) is 1. The summed E-state index contributed by atoms with van der Waals surface area (Å²) < 4.78 is 5.68. The Kier molecular flexibility index (Phi) is 5.91. The molecule has 0 atom stereocenters. The number of rotatable bonds is 5. The molecule has 0 saturated carbocycles. The lowest BCUT2D eigenvalue weighted by molar-refractivity contribution is -0.135. The predicted molar refractivity (Wildman–Crippen MR) is 117 cm³/mol. The second-order valence-corrected chi connectivity index (χ2v) is 9.10. The number of aromatic nitrogens is 2. The van der Waals surface area contributed by atoms with Crippen molar-refractivity contribution in [2.75, 3.05) is 31.1 Å². The fourth-order valence-corrected chi connectivity index (χ4v) is 4.23. The average Bonchev–Trinajstić information content (AvgIpc) is 3.12. The van der Waals surface area contributed by atoms with Gasteiger partial charge in [-0.2, -0.15) is 0 Å². The molecule has 0 bridgehead atoms. The summed E-state index contributed by atoms with van der Waals surface area (Å²) in [5, 5.41) is 0. The number of hydrogen-bond donors (Lipinski definition) is 1. The van der Waals surface area contributed by atoms with E-state index in [0.29, 0.717) is 19.0 Å². The fourth-order valence-electron chi connectivity index (χ4n) is 4.23. The summed E-state index contributed by atoms with van der Waals surface area (Å²) in [5.74, 6) is 0.672. The Morgan fingerprint density at radius 1 is 1.16 bits per heavy atom. The first kappa shape index (κ1) is 21.2. The normalized spacial score (nSPS) is 17.5. The third-order valence-corrected chi connectivity index (χ3v) is 5.94. The molecular weight excluding hydrogens is 394 g/mol. The van der Waals surface area contributed by atoms with Crippen LogP contribution in [0.5, 0.6) is 0 Å². The summed E-state index contributed by atoms with van der Waals surface area (Å²) in [6.07, 6.45) is 7.99. The van der Waals surface area contributed by atoms with Crippen LogP contribution in [0, 0.1) is 5.41 Å². The number of carbonyl (C=O) groups excluding carboxylic acids is 2. The molecule has 2 N–H and O–H groups in total. The average molecular weight is 424 g/mol. The molecule has 164 valence electrons. The van der Waals surface area contributed by atoms with E-state index in [1.165, 1.54) is 4.90 Å². The third kappa shape index (κ3) is 4.85. The highest BCUT2D eigenvalue weighted by molar-refractivity contribution is 5.91. The van der Waals surface area contributed by atoms with Crippen molar-refractivity contribution < 1.29 is 14.3 Å². The molecule has 0 radical (unpaired) electrons. The Bertz CT molecular complexity index is 991. The molecule has 31 heavy (non-hydrogen) atoms. The lowest BCUT2D eigenvalue weighted by Gasteiger charge is -2.26. The molecule has 1 saturated heterocycles. The van der Waals surface area contributed by atoms with Crippen LogP contribution in [0.2, 0.25) is 0 Å². The Labute approximate surface area is 182 Å². The molecule has 4 rings (SSSR count). The summed E-state index contributed by atoms with van der Waals surface area (Å²) in [7, 11) is 0. The van der Waals surface area contributed by atoms with E-state index in [1.54, 1.807) is 18.6 Å². The molecule has 2 aromatic heterocycles. The number of hydrogen-bond acceptors (Lipinski definition) is 5. The molecule has 4 heterocycles. The van der Waals surface area contributed by atoms with Gasteiger partial charge in [-0.3, -0.25) is 14.7 Å². The van der Waals surface area contributed by atoms with E-state index in [9.17, 15) is 9.59 Å². The van der Waals surface area contributed by atoms with Gasteiger partial charge < -0.3 is 15.4 Å². The van der Waals surface area contributed by atoms with E-state index >= 15 is 0 Å². The topological polar surface area (TPSA) is 102 Å². The molecule has 8 heteroatoms. The van der Waals surface area contributed by atoms with Crippen LogP contribution >= 0.6 is 0 Å². The van der Waals surface area contributed by atoms with Gasteiger partial charge in [-0.25, -0.2) is 9.78 Å². The van der Waals surface area contributed by atoms with Gasteiger partial charge in [0.1, 0.15) is 12.4 Å². The van der Waals surface area contributed by atoms with Crippen molar-refractivity contribution in [3.8, 4) is 11.1 Å². The Morgan fingerprint density at radius 3 is 2.71 bits per heavy atom. The summed E-state index contributed by atoms with van der Waals surface area (Å²) in [6, 6.07) is 3.56. The molecule has 0 aromatic carbocycles. The number of aryl methyl sites for hydroxylation is 1. The van der Waals surface area contributed by atoms with Crippen molar-refractivity contribution in [2.45, 2.75) is 39.7 Å². The van der Waals surface area contributed by atoms with Crippen molar-refractivity contribution in [3.05, 3.63) is 41.9 Å². The highest BCUT2D eigenvalue weighted by Gasteiger charge is 2.31. The van der Waals surface area contributed by atoms with Gasteiger partial charge in [-0.1, -0.05) is 13.8 Å². The van der Waals surface area contributed by atoms with Crippen molar-refractivity contribution in [2.24, 2.45) is 11.1 Å². The van der Waals surface area contributed by atoms with Crippen LogP contribution in [0.25, 0.3) is 11.1 Å². The van der Waals surface area contributed by atoms with Gasteiger partial charge >= 0.3 is 6.03 Å². The Hall–Kier alpha value is -3.00. The maximum absolute atomic E-state index is 12.4. The van der Waals surface area contributed by atoms with Crippen LogP contribution in [0.4, 0.5) is 10.6 Å². The molecule has 8 nitrogen and oxygen atoms in total. The smallest absolute Gasteiger partial charge is 0.320 e. The Morgan fingerprint density at radius 2 is 1.97 bits per heavy atom. The molecule has 0 unspecified atom stereocenters. The van der Waals surface area contributed by atoms with Gasteiger partial charge in [0.25, 0.3) is 0 Å². The van der Waals surface area contributed by atoms with Crippen LogP contribution in [0.1, 0.15) is 37.8 Å². The minimum Gasteiger partial charge on any atom is -0.367 e. The first-order valence-electron chi connectivity index (χ1n) is 10.7. The van der Waals surface area contributed by atoms with E-state index in [-0.39, 0.29) is 17.9 Å². The van der Waals surface area contributed by atoms with Gasteiger partial charge in [-0.15, -0.1) is 0 Å². The zero-order valence-corrected chi connectivity index (χ0v) is 18.1. The number of likely N-dealkylation sites (tertiary alicyclic amines) is 1. The summed E-state index contributed by atoms with van der Waals surface area (Å²) >= 11 is 0. The van der Waals surface area contributed by atoms with Crippen molar-refractivity contribution in [1.82, 2.24) is 14.9 Å². The number of fused-ring (bicyclic) bond motifs is 1. The van der Waals surface area contributed by atoms with E-state index < -0.39 is 6.03 Å². The van der Waals surface area contributed by atoms with Crippen molar-refractivity contribution in [1.29, 1.82) is 0 Å². The van der Waals surface area contributed by atoms with Crippen LogP contribution in [0.15, 0.2) is 30.7 Å². The van der Waals surface area contributed by atoms with Gasteiger partial charge in [-0.05, 0) is 47.9 Å². The predicted octanol–water partition coefficient (Wildman–Crippen LogP) is 2.75. The third-order valence-electron chi connectivity index (χ3n) is 5.94. The van der Waals surface area contributed by atoms with Crippen LogP contribution < -0.4 is 10.6 Å². The number of amides is 3. The molecule has 3 amide bonds. The maximum Gasteiger partial charge on any atom is 0.320 e. The maximum atomic E-state index is 12.4. The molecule has 1 fully saturated rings. The largest absolute Gasteiger partial charge is 0.367 e. The molecule has 2 aromatic rings. The van der Waals surface area contributed by atoms with E-state index in [4.69, 9.17) is 10.5 Å². The molecule has 0 spiro atoms. The molecular formula is C23H29N5O3. The molecule has 2 aliphatic rings. The minimum absolute atomic E-state index is 0.0348. The number of primary amides is 1. The standard InChI is InChI=1S/C23H29N5O3/c1-23(2)5-7-27(15-23)20(29)14-31-13-16-8-18(11-25-10-16)19-9-17-4-3-6-28(22(24)30)21(17)26-12-19/h8-12H,3-7,13-15H2,1-2H3,(H2,24,30). The van der Waals surface area contributed by atoms with Crippen LogP contribution in [-0.2, 0) is 22.6 Å². The number of pyridine rings is 2. The fraction of sp³-hybridized carbons (Fsp3) is 0.478. The summed E-state index contributed by atoms with van der Waals surface area (Å²) in [4.78, 5) is 36.2. The van der Waals surface area contributed by atoms with Gasteiger partial charge in [0.15, 0.2) is 0 Å². The minimum atomic E-state index is -0.478. The summed E-state index contributed by atoms with van der Waals surface area (Å²) in [5.41, 5.74) is 9.39. The zero-order chi connectivity index (χ0) is 22.0. The lowest BCUT2D eigenvalue weighted by Crippen LogP contribution is -2.40. The monoisotopic (exact) mass is 423 g/mol. The van der Waals surface area contributed by atoms with E-state index in [1.807, 2.05) is 17.0 Å². The quantitative estimate of drug-likeness (QED) is 0.797. The highest BCUT2D eigenvalue weighted by Crippen LogP contribution is 2.30. The van der Waals surface area contributed by atoms with Gasteiger partial charge in [0.05, 0.1) is 6.61 Å². The second kappa shape index (κ2) is 8.63. The molecule has 0 aliphatic carbocycles. The number of anilines is 1. The van der Waals surface area contributed by atoms with E-state index in [2.05, 4.69) is 23.8 Å². The number of nitrogens with two attached hydrogens (primary N) is 1.